The number of aliphatic hydroxyl groups excluding tert-OH is 3. The number of hydrogen-bond acceptors (Lipinski definition) is 7. The first-order valence-corrected chi connectivity index (χ1v) is 10.7. The second kappa shape index (κ2) is 13.0. The van der Waals surface area contributed by atoms with Crippen LogP contribution < -0.4 is 0 Å². The van der Waals surface area contributed by atoms with Crippen molar-refractivity contribution in [1.82, 2.24) is 4.90 Å². The summed E-state index contributed by atoms with van der Waals surface area (Å²) < 4.78 is 11.3. The number of carboxylic acid groups (broad SMARTS) is 1. The molecule has 5 atom stereocenters. The van der Waals surface area contributed by atoms with Gasteiger partial charge in [-0.2, -0.15) is 0 Å². The largest absolute Gasteiger partial charge is 0.481 e. The van der Waals surface area contributed by atoms with Crippen LogP contribution in [0.5, 0.6) is 0 Å². The maximum atomic E-state index is 11.0. The van der Waals surface area contributed by atoms with E-state index in [1.54, 1.807) is 0 Å². The SMILES string of the molecule is CCCCCCN(CCC(=O)O)C[C@H](O)[C@@H](O)[C@@H]1O[C@H](c2ccccc2)OC[C@H]1O. The molecule has 1 aliphatic rings. The molecule has 1 aromatic carbocycles. The molecule has 8 heteroatoms. The predicted octanol–water partition coefficient (Wildman–Crippen LogP) is 1.54. The quantitative estimate of drug-likeness (QED) is 0.351. The van der Waals surface area contributed by atoms with Crippen molar-refractivity contribution >= 4 is 5.97 Å². The Morgan fingerprint density at radius 3 is 2.57 bits per heavy atom. The number of rotatable bonds is 13. The molecule has 1 heterocycles. The molecule has 8 nitrogen and oxygen atoms in total. The second-order valence-electron chi connectivity index (χ2n) is 7.81. The molecular formula is C22H35NO7. The van der Waals surface area contributed by atoms with Crippen molar-refractivity contribution in [1.29, 1.82) is 0 Å². The molecule has 0 unspecified atom stereocenters. The van der Waals surface area contributed by atoms with Crippen LogP contribution in [0.15, 0.2) is 30.3 Å². The normalized spacial score (nSPS) is 24.0. The minimum absolute atomic E-state index is 0.0201. The maximum absolute atomic E-state index is 11.0. The number of carbonyl (C=O) groups is 1. The summed E-state index contributed by atoms with van der Waals surface area (Å²) in [5.74, 6) is -0.905. The number of aliphatic hydroxyl groups is 3. The third-order valence-electron chi connectivity index (χ3n) is 5.30. The highest BCUT2D eigenvalue weighted by Gasteiger charge is 2.39. The Morgan fingerprint density at radius 1 is 1.17 bits per heavy atom. The summed E-state index contributed by atoms with van der Waals surface area (Å²) in [6, 6.07) is 9.19. The average molecular weight is 426 g/mol. The van der Waals surface area contributed by atoms with Gasteiger partial charge in [-0.25, -0.2) is 0 Å². The van der Waals surface area contributed by atoms with Gasteiger partial charge in [0.1, 0.15) is 18.3 Å². The first-order chi connectivity index (χ1) is 14.4. The highest BCUT2D eigenvalue weighted by Crippen LogP contribution is 2.28. The fourth-order valence-electron chi connectivity index (χ4n) is 3.55. The van der Waals surface area contributed by atoms with Gasteiger partial charge in [0, 0.05) is 18.7 Å². The molecule has 1 saturated heterocycles. The lowest BCUT2D eigenvalue weighted by molar-refractivity contribution is -0.283. The number of aliphatic carboxylic acids is 1. The van der Waals surface area contributed by atoms with Crippen LogP contribution in [0.2, 0.25) is 0 Å². The van der Waals surface area contributed by atoms with Gasteiger partial charge in [0.2, 0.25) is 0 Å². The van der Waals surface area contributed by atoms with Gasteiger partial charge in [-0.15, -0.1) is 0 Å². The molecule has 0 aliphatic carbocycles. The van der Waals surface area contributed by atoms with Crippen LogP contribution in [0.25, 0.3) is 0 Å². The Balaban J connectivity index is 1.95. The topological polar surface area (TPSA) is 120 Å². The maximum Gasteiger partial charge on any atom is 0.304 e. The smallest absolute Gasteiger partial charge is 0.304 e. The number of benzene rings is 1. The zero-order chi connectivity index (χ0) is 21.9. The number of unbranched alkanes of at least 4 members (excludes halogenated alkanes) is 3. The van der Waals surface area contributed by atoms with E-state index in [0.717, 1.165) is 31.2 Å². The number of hydrogen-bond donors (Lipinski definition) is 4. The van der Waals surface area contributed by atoms with Crippen molar-refractivity contribution in [3.8, 4) is 0 Å². The van der Waals surface area contributed by atoms with Crippen LogP contribution in [0, 0.1) is 0 Å². The van der Waals surface area contributed by atoms with Crippen molar-refractivity contribution in [2.24, 2.45) is 0 Å². The molecule has 1 aromatic rings. The van der Waals surface area contributed by atoms with Gasteiger partial charge in [0.05, 0.1) is 19.1 Å². The summed E-state index contributed by atoms with van der Waals surface area (Å²) in [4.78, 5) is 12.8. The molecule has 4 N–H and O–H groups in total. The third-order valence-corrected chi connectivity index (χ3v) is 5.30. The molecule has 0 radical (unpaired) electrons. The van der Waals surface area contributed by atoms with E-state index in [1.165, 1.54) is 0 Å². The molecule has 170 valence electrons. The van der Waals surface area contributed by atoms with E-state index in [2.05, 4.69) is 6.92 Å². The first-order valence-electron chi connectivity index (χ1n) is 10.7. The average Bonchev–Trinajstić information content (AvgIpc) is 2.75. The molecule has 0 aromatic heterocycles. The van der Waals surface area contributed by atoms with Gasteiger partial charge >= 0.3 is 5.97 Å². The lowest BCUT2D eigenvalue weighted by atomic mass is 10.0. The summed E-state index contributed by atoms with van der Waals surface area (Å²) in [6.07, 6.45) is -1.29. The van der Waals surface area contributed by atoms with Gasteiger partial charge in [-0.1, -0.05) is 56.5 Å². The van der Waals surface area contributed by atoms with Crippen LogP contribution in [-0.2, 0) is 14.3 Å². The van der Waals surface area contributed by atoms with Crippen molar-refractivity contribution in [3.05, 3.63) is 35.9 Å². The minimum Gasteiger partial charge on any atom is -0.481 e. The van der Waals surface area contributed by atoms with Crippen molar-refractivity contribution in [3.63, 3.8) is 0 Å². The molecule has 0 amide bonds. The first kappa shape index (κ1) is 24.7. The van der Waals surface area contributed by atoms with Gasteiger partial charge in [0.25, 0.3) is 0 Å². The van der Waals surface area contributed by atoms with Gasteiger partial charge in [-0.05, 0) is 13.0 Å². The van der Waals surface area contributed by atoms with E-state index < -0.39 is 36.7 Å². The van der Waals surface area contributed by atoms with Gasteiger partial charge in [-0.3, -0.25) is 4.79 Å². The minimum atomic E-state index is -1.34. The molecular weight excluding hydrogens is 390 g/mol. The van der Waals surface area contributed by atoms with Gasteiger partial charge < -0.3 is 34.8 Å². The summed E-state index contributed by atoms with van der Waals surface area (Å²) in [6.45, 7) is 3.12. The lowest BCUT2D eigenvalue weighted by Crippen LogP contribution is -2.54. The Morgan fingerprint density at radius 2 is 1.90 bits per heavy atom. The Labute approximate surface area is 178 Å². The highest BCUT2D eigenvalue weighted by atomic mass is 16.7. The fourth-order valence-corrected chi connectivity index (χ4v) is 3.55. The van der Waals surface area contributed by atoms with Crippen molar-refractivity contribution < 1.29 is 34.7 Å². The monoisotopic (exact) mass is 425 g/mol. The summed E-state index contributed by atoms with van der Waals surface area (Å²) in [5, 5.41) is 40.5. The van der Waals surface area contributed by atoms with Crippen LogP contribution in [0.3, 0.4) is 0 Å². The van der Waals surface area contributed by atoms with E-state index in [4.69, 9.17) is 14.6 Å². The molecule has 1 aliphatic heterocycles. The van der Waals surface area contributed by atoms with E-state index in [9.17, 15) is 20.1 Å². The molecule has 1 fully saturated rings. The van der Waals surface area contributed by atoms with Crippen LogP contribution in [-0.4, -0.2) is 82.0 Å². The molecule has 0 saturated carbocycles. The highest BCUT2D eigenvalue weighted by molar-refractivity contribution is 5.66. The molecule has 0 bridgehead atoms. The second-order valence-corrected chi connectivity index (χ2v) is 7.81. The van der Waals surface area contributed by atoms with Crippen molar-refractivity contribution in [2.45, 2.75) is 69.7 Å². The standard InChI is InChI=1S/C22H35NO7/c1-2-3-4-8-12-23(13-11-19(26)27)14-17(24)20(28)21-18(25)15-29-22(30-21)16-9-6-5-7-10-16/h5-7,9-10,17-18,20-22,24-25,28H,2-4,8,11-15H2,1H3,(H,26,27)/t17-,18+,20+,21+,22+/m0/s1. The van der Waals surface area contributed by atoms with E-state index in [1.807, 2.05) is 35.2 Å². The predicted molar refractivity (Wildman–Crippen MR) is 111 cm³/mol. The molecule has 0 spiro atoms. The number of ether oxygens (including phenoxy) is 2. The van der Waals surface area contributed by atoms with E-state index in [0.29, 0.717) is 6.54 Å². The van der Waals surface area contributed by atoms with E-state index >= 15 is 0 Å². The van der Waals surface area contributed by atoms with Crippen LogP contribution in [0.4, 0.5) is 0 Å². The summed E-state index contributed by atoms with van der Waals surface area (Å²) in [5.41, 5.74) is 0.759. The molecule has 30 heavy (non-hydrogen) atoms. The van der Waals surface area contributed by atoms with Crippen LogP contribution in [0.1, 0.15) is 50.9 Å². The fraction of sp³-hybridized carbons (Fsp3) is 0.682. The zero-order valence-electron chi connectivity index (χ0n) is 17.6. The summed E-state index contributed by atoms with van der Waals surface area (Å²) in [7, 11) is 0. The Bertz CT molecular complexity index is 615. The number of nitrogens with zero attached hydrogens (tertiary/aromatic N) is 1. The Hall–Kier alpha value is -1.55. The summed E-state index contributed by atoms with van der Waals surface area (Å²) >= 11 is 0. The van der Waals surface area contributed by atoms with Crippen LogP contribution >= 0.6 is 0 Å². The van der Waals surface area contributed by atoms with E-state index in [-0.39, 0.29) is 26.1 Å². The lowest BCUT2D eigenvalue weighted by Gasteiger charge is -2.38. The Kier molecular flexibility index (Phi) is 10.7. The zero-order valence-corrected chi connectivity index (χ0v) is 17.6. The third kappa shape index (κ3) is 7.94. The van der Waals surface area contributed by atoms with Crippen molar-refractivity contribution in [2.75, 3.05) is 26.2 Å². The number of carboxylic acids is 1. The molecule has 2 rings (SSSR count). The van der Waals surface area contributed by atoms with Gasteiger partial charge in [0.15, 0.2) is 6.29 Å².